The molecule has 2 N–H and O–H groups in total. The molecule has 0 aromatic heterocycles. The Labute approximate surface area is 215 Å². The summed E-state index contributed by atoms with van der Waals surface area (Å²) in [6.45, 7) is 0.265. The van der Waals surface area contributed by atoms with E-state index in [4.69, 9.17) is 14.7 Å². The Morgan fingerprint density at radius 1 is 0.784 bits per heavy atom. The number of nitriles is 1. The summed E-state index contributed by atoms with van der Waals surface area (Å²) in [7, 11) is 0. The Morgan fingerprint density at radius 3 is 2.05 bits per heavy atom. The van der Waals surface area contributed by atoms with Gasteiger partial charge in [-0.05, 0) is 66.2 Å². The molecule has 0 aliphatic carbocycles. The largest absolute Gasteiger partial charge is 0.457 e. The molecule has 0 aliphatic heterocycles. The zero-order valence-corrected chi connectivity index (χ0v) is 20.0. The Bertz CT molecular complexity index is 1350. The van der Waals surface area contributed by atoms with Gasteiger partial charge in [-0.3, -0.25) is 9.59 Å². The molecule has 184 valence electrons. The van der Waals surface area contributed by atoms with Crippen molar-refractivity contribution in [1.29, 1.82) is 5.26 Å². The van der Waals surface area contributed by atoms with Crippen molar-refractivity contribution in [2.24, 2.45) is 0 Å². The van der Waals surface area contributed by atoms with Crippen LogP contribution in [0, 0.1) is 11.3 Å². The van der Waals surface area contributed by atoms with E-state index in [-0.39, 0.29) is 6.61 Å². The van der Waals surface area contributed by atoms with Crippen LogP contribution in [-0.2, 0) is 16.1 Å². The van der Waals surface area contributed by atoms with Crippen molar-refractivity contribution in [3.8, 4) is 17.6 Å². The van der Waals surface area contributed by atoms with Crippen LogP contribution in [-0.4, -0.2) is 24.5 Å². The lowest BCUT2D eigenvalue weighted by Crippen LogP contribution is -2.46. The average molecular weight is 492 g/mol. The molecule has 0 radical (unpaired) electrons. The fourth-order valence-electron chi connectivity index (χ4n) is 3.45. The first kappa shape index (κ1) is 25.2. The molecule has 4 rings (SSSR count). The lowest BCUT2D eigenvalue weighted by atomic mass is 10.1. The van der Waals surface area contributed by atoms with Crippen molar-refractivity contribution in [2.45, 2.75) is 12.6 Å². The first-order chi connectivity index (χ1) is 18.1. The first-order valence-electron chi connectivity index (χ1n) is 11.7. The van der Waals surface area contributed by atoms with Gasteiger partial charge in [0.05, 0.1) is 24.8 Å². The van der Waals surface area contributed by atoms with Gasteiger partial charge in [0, 0.05) is 11.3 Å². The highest BCUT2D eigenvalue weighted by atomic mass is 16.5. The van der Waals surface area contributed by atoms with Crippen LogP contribution in [0.2, 0.25) is 0 Å². The predicted molar refractivity (Wildman–Crippen MR) is 140 cm³/mol. The second-order valence-electron chi connectivity index (χ2n) is 8.14. The SMILES string of the molecule is N#Cc1ccc(C(=O)NC(COCc2ccccc2)C(=O)Nc2ccc(Oc3ccccc3)cc2)cc1. The van der Waals surface area contributed by atoms with Gasteiger partial charge in [0.25, 0.3) is 5.91 Å². The summed E-state index contributed by atoms with van der Waals surface area (Å²) in [5.74, 6) is 0.466. The van der Waals surface area contributed by atoms with Gasteiger partial charge in [0.2, 0.25) is 5.91 Å². The lowest BCUT2D eigenvalue weighted by molar-refractivity contribution is -0.119. The highest BCUT2D eigenvalue weighted by Gasteiger charge is 2.22. The number of rotatable bonds is 10. The number of para-hydroxylation sites is 1. The molecule has 0 fully saturated rings. The summed E-state index contributed by atoms with van der Waals surface area (Å²) < 4.78 is 11.6. The monoisotopic (exact) mass is 491 g/mol. The number of nitrogens with one attached hydrogen (secondary N) is 2. The number of benzene rings is 4. The van der Waals surface area contributed by atoms with E-state index >= 15 is 0 Å². The molecule has 7 nitrogen and oxygen atoms in total. The van der Waals surface area contributed by atoms with E-state index in [0.29, 0.717) is 34.9 Å². The first-order valence-corrected chi connectivity index (χ1v) is 11.7. The van der Waals surface area contributed by atoms with Crippen LogP contribution in [0.1, 0.15) is 21.5 Å². The fraction of sp³-hybridized carbons (Fsp3) is 0.100. The van der Waals surface area contributed by atoms with E-state index in [1.807, 2.05) is 66.7 Å². The standard InChI is InChI=1S/C30H25N3O4/c31-19-22-11-13-24(14-12-22)29(34)33-28(21-36-20-23-7-3-1-4-8-23)30(35)32-25-15-17-27(18-16-25)37-26-9-5-2-6-10-26/h1-18,28H,20-21H2,(H,32,35)(H,33,34). The minimum Gasteiger partial charge on any atom is -0.457 e. The van der Waals surface area contributed by atoms with Crippen molar-refractivity contribution in [3.63, 3.8) is 0 Å². The Hall–Kier alpha value is -4.93. The normalized spacial score (nSPS) is 11.1. The van der Waals surface area contributed by atoms with Gasteiger partial charge in [-0.15, -0.1) is 0 Å². The van der Waals surface area contributed by atoms with Crippen LogP contribution in [0.15, 0.2) is 109 Å². The highest BCUT2D eigenvalue weighted by molar-refractivity contribution is 6.01. The number of hydrogen-bond donors (Lipinski definition) is 2. The van der Waals surface area contributed by atoms with E-state index in [1.165, 1.54) is 0 Å². The van der Waals surface area contributed by atoms with Crippen molar-refractivity contribution in [3.05, 3.63) is 126 Å². The summed E-state index contributed by atoms with van der Waals surface area (Å²) in [5, 5.41) is 14.5. The van der Waals surface area contributed by atoms with Gasteiger partial charge >= 0.3 is 0 Å². The molecule has 0 saturated carbocycles. The molecular formula is C30H25N3O4. The van der Waals surface area contributed by atoms with Crippen LogP contribution in [0.5, 0.6) is 11.5 Å². The average Bonchev–Trinajstić information content (AvgIpc) is 2.94. The summed E-state index contributed by atoms with van der Waals surface area (Å²) in [6, 6.07) is 33.1. The summed E-state index contributed by atoms with van der Waals surface area (Å²) >= 11 is 0. The lowest BCUT2D eigenvalue weighted by Gasteiger charge is -2.19. The number of carbonyl (C=O) groups is 2. The van der Waals surface area contributed by atoms with Crippen LogP contribution >= 0.6 is 0 Å². The van der Waals surface area contributed by atoms with Gasteiger partial charge in [0.15, 0.2) is 0 Å². The Balaban J connectivity index is 1.41. The fourth-order valence-corrected chi connectivity index (χ4v) is 3.45. The molecule has 7 heteroatoms. The van der Waals surface area contributed by atoms with Gasteiger partial charge in [-0.2, -0.15) is 5.26 Å². The molecule has 0 aliphatic rings. The Morgan fingerprint density at radius 2 is 1.41 bits per heavy atom. The summed E-state index contributed by atoms with van der Waals surface area (Å²) in [5.41, 5.74) is 2.28. The number of hydrogen-bond acceptors (Lipinski definition) is 5. The minimum absolute atomic E-state index is 0.0298. The van der Waals surface area contributed by atoms with E-state index < -0.39 is 17.9 Å². The molecule has 2 amide bonds. The second kappa shape index (κ2) is 12.7. The molecule has 0 saturated heterocycles. The third kappa shape index (κ3) is 7.52. The molecule has 4 aromatic rings. The quantitative estimate of drug-likeness (QED) is 0.313. The van der Waals surface area contributed by atoms with Crippen LogP contribution in [0.25, 0.3) is 0 Å². The van der Waals surface area contributed by atoms with Gasteiger partial charge in [0.1, 0.15) is 17.5 Å². The van der Waals surface area contributed by atoms with Crippen molar-refractivity contribution in [2.75, 3.05) is 11.9 Å². The van der Waals surface area contributed by atoms with E-state index in [0.717, 1.165) is 5.56 Å². The molecule has 0 bridgehead atoms. The number of anilines is 1. The van der Waals surface area contributed by atoms with Crippen LogP contribution in [0.4, 0.5) is 5.69 Å². The second-order valence-corrected chi connectivity index (χ2v) is 8.14. The molecular weight excluding hydrogens is 466 g/mol. The third-order valence-corrected chi connectivity index (χ3v) is 5.39. The predicted octanol–water partition coefficient (Wildman–Crippen LogP) is 5.30. The van der Waals surface area contributed by atoms with Gasteiger partial charge in [-0.25, -0.2) is 0 Å². The maximum absolute atomic E-state index is 13.1. The number of nitrogens with zero attached hydrogens (tertiary/aromatic N) is 1. The van der Waals surface area contributed by atoms with Crippen molar-refractivity contribution in [1.82, 2.24) is 5.32 Å². The van der Waals surface area contributed by atoms with Crippen LogP contribution in [0.3, 0.4) is 0 Å². The molecule has 1 unspecified atom stereocenters. The molecule has 0 heterocycles. The topological polar surface area (TPSA) is 100 Å². The summed E-state index contributed by atoms with van der Waals surface area (Å²) in [4.78, 5) is 25.9. The zero-order valence-electron chi connectivity index (χ0n) is 20.0. The number of carbonyl (C=O) groups excluding carboxylic acids is 2. The molecule has 0 spiro atoms. The van der Waals surface area contributed by atoms with E-state index in [9.17, 15) is 9.59 Å². The smallest absolute Gasteiger partial charge is 0.251 e. The van der Waals surface area contributed by atoms with Crippen molar-refractivity contribution < 1.29 is 19.1 Å². The molecule has 1 atom stereocenters. The van der Waals surface area contributed by atoms with E-state index in [2.05, 4.69) is 10.6 Å². The van der Waals surface area contributed by atoms with Gasteiger partial charge in [-0.1, -0.05) is 48.5 Å². The maximum Gasteiger partial charge on any atom is 0.251 e. The highest BCUT2D eigenvalue weighted by Crippen LogP contribution is 2.22. The van der Waals surface area contributed by atoms with Crippen molar-refractivity contribution >= 4 is 17.5 Å². The molecule has 37 heavy (non-hydrogen) atoms. The van der Waals surface area contributed by atoms with E-state index in [1.54, 1.807) is 48.5 Å². The molecule has 4 aromatic carbocycles. The zero-order chi connectivity index (χ0) is 25.9. The minimum atomic E-state index is -0.952. The Kier molecular flexibility index (Phi) is 8.63. The maximum atomic E-state index is 13.1. The summed E-state index contributed by atoms with van der Waals surface area (Å²) in [6.07, 6.45) is 0. The third-order valence-electron chi connectivity index (χ3n) is 5.39. The van der Waals surface area contributed by atoms with Crippen LogP contribution < -0.4 is 15.4 Å². The van der Waals surface area contributed by atoms with Gasteiger partial charge < -0.3 is 20.1 Å². The number of ether oxygens (including phenoxy) is 2. The number of amides is 2.